The molecule has 0 radical (unpaired) electrons. The van der Waals surface area contributed by atoms with Crippen molar-refractivity contribution in [3.05, 3.63) is 35.9 Å². The molecule has 0 heterocycles. The zero-order chi connectivity index (χ0) is 16.1. The SMILES string of the molecule is CC(C)(C)N(CCC(=O)O)S(=O)(=O)CCc1ccccc1. The van der Waals surface area contributed by atoms with Crippen LogP contribution >= 0.6 is 0 Å². The van der Waals surface area contributed by atoms with E-state index >= 15 is 0 Å². The van der Waals surface area contributed by atoms with E-state index in [1.165, 1.54) is 4.31 Å². The molecule has 0 fully saturated rings. The Morgan fingerprint density at radius 2 is 1.76 bits per heavy atom. The lowest BCUT2D eigenvalue weighted by Gasteiger charge is -2.34. The molecule has 0 amide bonds. The Balaban J connectivity index is 2.81. The quantitative estimate of drug-likeness (QED) is 0.837. The third-order valence-corrected chi connectivity index (χ3v) is 5.23. The lowest BCUT2D eigenvalue weighted by Crippen LogP contribution is -2.47. The molecule has 0 unspecified atom stereocenters. The van der Waals surface area contributed by atoms with Gasteiger partial charge in [0.25, 0.3) is 0 Å². The number of hydrogen-bond donors (Lipinski definition) is 1. The molecule has 0 aliphatic rings. The van der Waals surface area contributed by atoms with Gasteiger partial charge in [-0.1, -0.05) is 30.3 Å². The van der Waals surface area contributed by atoms with Gasteiger partial charge in [0.1, 0.15) is 0 Å². The van der Waals surface area contributed by atoms with Crippen molar-refractivity contribution in [2.75, 3.05) is 12.3 Å². The summed E-state index contributed by atoms with van der Waals surface area (Å²) < 4.78 is 26.3. The van der Waals surface area contributed by atoms with E-state index in [1.807, 2.05) is 30.3 Å². The minimum absolute atomic E-state index is 0.00401. The van der Waals surface area contributed by atoms with Gasteiger partial charge in [-0.2, -0.15) is 4.31 Å². The summed E-state index contributed by atoms with van der Waals surface area (Å²) in [5.74, 6) is -1.02. The summed E-state index contributed by atoms with van der Waals surface area (Å²) >= 11 is 0. The van der Waals surface area contributed by atoms with Crippen molar-refractivity contribution >= 4 is 16.0 Å². The summed E-state index contributed by atoms with van der Waals surface area (Å²) in [6, 6.07) is 9.39. The normalized spacial score (nSPS) is 12.6. The van der Waals surface area contributed by atoms with Crippen LogP contribution in [-0.4, -0.2) is 41.6 Å². The topological polar surface area (TPSA) is 74.7 Å². The lowest BCUT2D eigenvalue weighted by atomic mass is 10.1. The Morgan fingerprint density at radius 1 is 1.19 bits per heavy atom. The van der Waals surface area contributed by atoms with Gasteiger partial charge in [0, 0.05) is 12.1 Å². The molecule has 118 valence electrons. The molecule has 21 heavy (non-hydrogen) atoms. The summed E-state index contributed by atoms with van der Waals surface area (Å²) in [5, 5.41) is 8.78. The third kappa shape index (κ3) is 5.85. The largest absolute Gasteiger partial charge is 0.481 e. The Morgan fingerprint density at radius 3 is 2.24 bits per heavy atom. The highest BCUT2D eigenvalue weighted by molar-refractivity contribution is 7.89. The fourth-order valence-corrected chi connectivity index (χ4v) is 4.01. The van der Waals surface area contributed by atoms with Crippen LogP contribution in [0.15, 0.2) is 30.3 Å². The second kappa shape index (κ2) is 7.04. The number of sulfonamides is 1. The van der Waals surface area contributed by atoms with Crippen LogP contribution in [0, 0.1) is 0 Å². The first kappa shape index (κ1) is 17.7. The zero-order valence-electron chi connectivity index (χ0n) is 12.7. The number of carbonyl (C=O) groups is 1. The molecule has 0 aliphatic heterocycles. The van der Waals surface area contributed by atoms with Crippen molar-refractivity contribution in [3.8, 4) is 0 Å². The predicted molar refractivity (Wildman–Crippen MR) is 82.6 cm³/mol. The Bertz CT molecular complexity index is 561. The predicted octanol–water partition coefficient (Wildman–Crippen LogP) is 2.13. The van der Waals surface area contributed by atoms with Gasteiger partial charge in [-0.3, -0.25) is 4.79 Å². The molecule has 1 aromatic carbocycles. The van der Waals surface area contributed by atoms with E-state index in [0.29, 0.717) is 6.42 Å². The Labute approximate surface area is 126 Å². The fourth-order valence-electron chi connectivity index (χ4n) is 2.09. The van der Waals surface area contributed by atoms with Crippen molar-refractivity contribution in [1.82, 2.24) is 4.31 Å². The molecule has 6 heteroatoms. The van der Waals surface area contributed by atoms with Gasteiger partial charge < -0.3 is 5.11 Å². The maximum absolute atomic E-state index is 12.5. The minimum atomic E-state index is -3.50. The standard InChI is InChI=1S/C15H23NO4S/c1-15(2,3)16(11-9-14(17)18)21(19,20)12-10-13-7-5-4-6-8-13/h4-8H,9-12H2,1-3H3,(H,17,18). The van der Waals surface area contributed by atoms with Crippen LogP contribution in [0.3, 0.4) is 0 Å². The van der Waals surface area contributed by atoms with E-state index in [4.69, 9.17) is 5.11 Å². The van der Waals surface area contributed by atoms with Crippen LogP contribution < -0.4 is 0 Å². The van der Waals surface area contributed by atoms with Crippen LogP contribution in [-0.2, 0) is 21.2 Å². The average molecular weight is 313 g/mol. The molecule has 1 rings (SSSR count). The van der Waals surface area contributed by atoms with Crippen LogP contribution in [0.2, 0.25) is 0 Å². The van der Waals surface area contributed by atoms with Crippen molar-refractivity contribution in [2.24, 2.45) is 0 Å². The van der Waals surface area contributed by atoms with Gasteiger partial charge in [0.15, 0.2) is 0 Å². The molecule has 0 spiro atoms. The summed E-state index contributed by atoms with van der Waals surface area (Å²) in [6.07, 6.45) is 0.227. The Kier molecular flexibility index (Phi) is 5.92. The molecule has 5 nitrogen and oxygen atoms in total. The molecular formula is C15H23NO4S. The second-order valence-electron chi connectivity index (χ2n) is 5.94. The summed E-state index contributed by atoms with van der Waals surface area (Å²) in [7, 11) is -3.50. The van der Waals surface area contributed by atoms with Crippen molar-refractivity contribution in [2.45, 2.75) is 39.2 Å². The maximum Gasteiger partial charge on any atom is 0.304 e. The van der Waals surface area contributed by atoms with E-state index in [1.54, 1.807) is 20.8 Å². The van der Waals surface area contributed by atoms with Crippen LogP contribution in [0.5, 0.6) is 0 Å². The molecule has 0 bridgehead atoms. The molecule has 0 aliphatic carbocycles. The molecule has 0 aromatic heterocycles. The van der Waals surface area contributed by atoms with E-state index in [9.17, 15) is 13.2 Å². The van der Waals surface area contributed by atoms with E-state index < -0.39 is 21.5 Å². The van der Waals surface area contributed by atoms with Crippen LogP contribution in [0.25, 0.3) is 0 Å². The first-order valence-corrected chi connectivity index (χ1v) is 8.50. The smallest absolute Gasteiger partial charge is 0.304 e. The van der Waals surface area contributed by atoms with Crippen LogP contribution in [0.4, 0.5) is 0 Å². The highest BCUT2D eigenvalue weighted by Gasteiger charge is 2.32. The van der Waals surface area contributed by atoms with Gasteiger partial charge >= 0.3 is 5.97 Å². The number of aliphatic carboxylic acids is 1. The molecule has 0 saturated carbocycles. The van der Waals surface area contributed by atoms with E-state index in [2.05, 4.69) is 0 Å². The Hall–Kier alpha value is -1.40. The number of rotatable bonds is 7. The molecule has 1 aromatic rings. The van der Waals surface area contributed by atoms with Gasteiger partial charge in [-0.05, 0) is 32.8 Å². The van der Waals surface area contributed by atoms with Crippen molar-refractivity contribution in [1.29, 1.82) is 0 Å². The highest BCUT2D eigenvalue weighted by atomic mass is 32.2. The van der Waals surface area contributed by atoms with E-state index in [0.717, 1.165) is 5.56 Å². The number of benzene rings is 1. The fraction of sp³-hybridized carbons (Fsp3) is 0.533. The monoisotopic (exact) mass is 313 g/mol. The molecule has 0 atom stereocenters. The number of nitrogens with zero attached hydrogens (tertiary/aromatic N) is 1. The summed E-state index contributed by atoms with van der Waals surface area (Å²) in [4.78, 5) is 10.7. The first-order valence-electron chi connectivity index (χ1n) is 6.89. The maximum atomic E-state index is 12.5. The summed E-state index contributed by atoms with van der Waals surface area (Å²) in [6.45, 7) is 5.31. The number of carboxylic acids is 1. The highest BCUT2D eigenvalue weighted by Crippen LogP contribution is 2.20. The summed E-state index contributed by atoms with van der Waals surface area (Å²) in [5.41, 5.74) is 0.318. The number of aryl methyl sites for hydroxylation is 1. The van der Waals surface area contributed by atoms with Crippen molar-refractivity contribution in [3.63, 3.8) is 0 Å². The van der Waals surface area contributed by atoms with Crippen molar-refractivity contribution < 1.29 is 18.3 Å². The molecular weight excluding hydrogens is 290 g/mol. The average Bonchev–Trinajstić information content (AvgIpc) is 2.35. The van der Waals surface area contributed by atoms with Gasteiger partial charge in [-0.15, -0.1) is 0 Å². The van der Waals surface area contributed by atoms with E-state index in [-0.39, 0.29) is 18.7 Å². The van der Waals surface area contributed by atoms with Crippen LogP contribution in [0.1, 0.15) is 32.8 Å². The van der Waals surface area contributed by atoms with Gasteiger partial charge in [0.2, 0.25) is 10.0 Å². The van der Waals surface area contributed by atoms with Gasteiger partial charge in [-0.25, -0.2) is 8.42 Å². The minimum Gasteiger partial charge on any atom is -0.481 e. The van der Waals surface area contributed by atoms with Gasteiger partial charge in [0.05, 0.1) is 12.2 Å². The zero-order valence-corrected chi connectivity index (χ0v) is 13.6. The first-order chi connectivity index (χ1) is 9.63. The molecule has 0 saturated heterocycles. The number of hydrogen-bond acceptors (Lipinski definition) is 3. The molecule has 1 N–H and O–H groups in total. The lowest BCUT2D eigenvalue weighted by molar-refractivity contribution is -0.137. The third-order valence-electron chi connectivity index (χ3n) is 3.10. The second-order valence-corrected chi connectivity index (χ2v) is 7.95. The number of carboxylic acid groups (broad SMARTS) is 1.